The second-order valence-electron chi connectivity index (χ2n) is 8.80. The Hall–Kier alpha value is -5.68. The van der Waals surface area contributed by atoms with Crippen LogP contribution in [0.15, 0.2) is 122 Å². The Kier molecular flexibility index (Phi) is 11.2. The molecule has 0 amide bonds. The maximum atomic E-state index is 9.27. The monoisotopic (exact) mass is 674 g/mol. The Labute approximate surface area is 275 Å². The first-order chi connectivity index (χ1) is 21.5. The average Bonchev–Trinajstić information content (AvgIpc) is 3.07. The van der Waals surface area contributed by atoms with Crippen LogP contribution in [0.25, 0.3) is 44.1 Å². The molecule has 0 unspecified atom stereocenters. The summed E-state index contributed by atoms with van der Waals surface area (Å²) in [6.45, 7) is 0. The molecule has 8 rings (SSSR count). The first-order valence-electron chi connectivity index (χ1n) is 13.1. The van der Waals surface area contributed by atoms with Crippen molar-refractivity contribution in [1.29, 1.82) is 0 Å². The van der Waals surface area contributed by atoms with Crippen molar-refractivity contribution in [2.24, 2.45) is 0 Å². The van der Waals surface area contributed by atoms with Crippen LogP contribution >= 0.6 is 0 Å². The van der Waals surface area contributed by atoms with Gasteiger partial charge in [0.1, 0.15) is 45.1 Å². The van der Waals surface area contributed by atoms with Crippen molar-refractivity contribution in [3.8, 4) is 23.0 Å². The Bertz CT molecular complexity index is 1840. The van der Waals surface area contributed by atoms with Gasteiger partial charge in [0.15, 0.2) is 0 Å². The number of phenolic OH excluding ortho intramolecular Hbond substituents is 4. The number of fused-ring (bicyclic) bond motifs is 4. The number of hydrogen-bond donors (Lipinski definition) is 4. The van der Waals surface area contributed by atoms with Crippen LogP contribution in [-0.4, -0.2) is 60.3 Å². The van der Waals surface area contributed by atoms with Crippen molar-refractivity contribution < 1.29 is 46.6 Å². The second kappa shape index (κ2) is 15.7. The third-order valence-corrected chi connectivity index (χ3v) is 5.91. The zero-order chi connectivity index (χ0) is 30.7. The predicted octanol–water partition coefficient (Wildman–Crippen LogP) is 5.34. The number of phenols is 4. The maximum absolute atomic E-state index is 9.27. The molecule has 0 radical (unpaired) electrons. The number of aromatic nitrogens is 8. The van der Waals surface area contributed by atoms with E-state index in [0.717, 1.165) is 0 Å². The number of para-hydroxylation sites is 4. The summed E-state index contributed by atoms with van der Waals surface area (Å²) in [6.07, 6.45) is 12.6. The number of aromatic hydroxyl groups is 4. The molecule has 4 heterocycles. The topological polar surface area (TPSA) is 184 Å². The second-order valence-corrected chi connectivity index (χ2v) is 8.80. The van der Waals surface area contributed by atoms with E-state index in [1.165, 1.54) is 0 Å². The largest absolute Gasteiger partial charge is 0.506 e. The van der Waals surface area contributed by atoms with E-state index in [1.807, 2.05) is 24.3 Å². The normalized spacial score (nSPS) is 9.96. The summed E-state index contributed by atoms with van der Waals surface area (Å²) in [4.78, 5) is 32.0. The van der Waals surface area contributed by atoms with Crippen LogP contribution in [0.1, 0.15) is 0 Å². The van der Waals surface area contributed by atoms with Gasteiger partial charge in [-0.15, -0.1) is 0 Å². The Morgan fingerprint density at radius 3 is 0.689 bits per heavy atom. The van der Waals surface area contributed by atoms with E-state index < -0.39 is 0 Å². The Morgan fingerprint density at radius 2 is 0.489 bits per heavy atom. The van der Waals surface area contributed by atoms with Gasteiger partial charge in [0.25, 0.3) is 0 Å². The third kappa shape index (κ3) is 8.24. The van der Waals surface area contributed by atoms with Crippen molar-refractivity contribution in [3.05, 3.63) is 122 Å². The van der Waals surface area contributed by atoms with Gasteiger partial charge in [-0.25, -0.2) is 19.9 Å². The molecule has 0 atom stereocenters. The van der Waals surface area contributed by atoms with E-state index in [0.29, 0.717) is 44.1 Å². The van der Waals surface area contributed by atoms with Crippen molar-refractivity contribution in [3.63, 3.8) is 0 Å². The van der Waals surface area contributed by atoms with Crippen LogP contribution in [-0.2, 0) is 26.2 Å². The molecular formula is C32H24N8O4Zr. The van der Waals surface area contributed by atoms with Crippen LogP contribution in [0, 0.1) is 0 Å². The van der Waals surface area contributed by atoms with Gasteiger partial charge in [-0.2, -0.15) is 0 Å². The molecule has 45 heavy (non-hydrogen) atoms. The van der Waals surface area contributed by atoms with Crippen molar-refractivity contribution in [2.45, 2.75) is 0 Å². The average molecular weight is 676 g/mol. The first kappa shape index (κ1) is 32.2. The minimum Gasteiger partial charge on any atom is -0.506 e. The van der Waals surface area contributed by atoms with Crippen LogP contribution in [0.2, 0.25) is 0 Å². The summed E-state index contributed by atoms with van der Waals surface area (Å²) in [5.74, 6) is 0.706. The fraction of sp³-hybridized carbons (Fsp3) is 0. The molecule has 0 aliphatic rings. The van der Waals surface area contributed by atoms with Crippen molar-refractivity contribution in [2.75, 3.05) is 0 Å². The molecule has 0 fully saturated rings. The van der Waals surface area contributed by atoms with E-state index in [4.69, 9.17) is 0 Å². The summed E-state index contributed by atoms with van der Waals surface area (Å²) in [5, 5.41) is 37.1. The van der Waals surface area contributed by atoms with Gasteiger partial charge in [-0.3, -0.25) is 19.9 Å². The quantitative estimate of drug-likeness (QED) is 0.162. The van der Waals surface area contributed by atoms with Crippen LogP contribution < -0.4 is 0 Å². The molecule has 0 saturated carbocycles. The molecule has 12 nitrogen and oxygen atoms in total. The molecule has 4 aromatic heterocycles. The van der Waals surface area contributed by atoms with Crippen LogP contribution in [0.3, 0.4) is 0 Å². The van der Waals surface area contributed by atoms with Crippen LogP contribution in [0.5, 0.6) is 23.0 Å². The van der Waals surface area contributed by atoms with Crippen molar-refractivity contribution >= 4 is 44.1 Å². The van der Waals surface area contributed by atoms with Gasteiger partial charge in [-0.05, 0) is 48.5 Å². The van der Waals surface area contributed by atoms with Gasteiger partial charge in [0, 0.05) is 75.8 Å². The zero-order valence-electron chi connectivity index (χ0n) is 23.4. The molecule has 0 saturated heterocycles. The fourth-order valence-corrected chi connectivity index (χ4v) is 3.91. The smallest absolute Gasteiger partial charge is 0.143 e. The molecule has 0 aliphatic carbocycles. The van der Waals surface area contributed by atoms with Gasteiger partial charge in [0.2, 0.25) is 0 Å². The number of nitrogens with zero attached hydrogens (tertiary/aromatic N) is 8. The zero-order valence-corrected chi connectivity index (χ0v) is 25.9. The Balaban J connectivity index is 0.000000136. The molecule has 8 aromatic rings. The molecule has 13 heteroatoms. The van der Waals surface area contributed by atoms with Crippen molar-refractivity contribution in [1.82, 2.24) is 39.9 Å². The van der Waals surface area contributed by atoms with E-state index in [2.05, 4.69) is 39.9 Å². The molecular weight excluding hydrogens is 652 g/mol. The minimum atomic E-state index is 0. The molecule has 4 N–H and O–H groups in total. The van der Waals surface area contributed by atoms with Gasteiger partial charge < -0.3 is 20.4 Å². The molecule has 0 bridgehead atoms. The van der Waals surface area contributed by atoms with Gasteiger partial charge in [-0.1, -0.05) is 24.3 Å². The fourth-order valence-electron chi connectivity index (χ4n) is 3.91. The van der Waals surface area contributed by atoms with E-state index in [9.17, 15) is 20.4 Å². The number of rotatable bonds is 0. The van der Waals surface area contributed by atoms with E-state index in [1.54, 1.807) is 98.1 Å². The maximum Gasteiger partial charge on any atom is 0.143 e. The molecule has 220 valence electrons. The number of hydrogen-bond acceptors (Lipinski definition) is 12. The summed E-state index contributed by atoms with van der Waals surface area (Å²) < 4.78 is 0. The summed E-state index contributed by atoms with van der Waals surface area (Å²) in [6, 6.07) is 20.6. The Morgan fingerprint density at radius 1 is 0.289 bits per heavy atom. The molecule has 0 aliphatic heterocycles. The van der Waals surface area contributed by atoms with Gasteiger partial charge >= 0.3 is 0 Å². The third-order valence-electron chi connectivity index (χ3n) is 5.91. The van der Waals surface area contributed by atoms with E-state index >= 15 is 0 Å². The summed E-state index contributed by atoms with van der Waals surface area (Å²) in [7, 11) is 0. The summed E-state index contributed by atoms with van der Waals surface area (Å²) >= 11 is 0. The summed E-state index contributed by atoms with van der Waals surface area (Å²) in [5.41, 5.74) is 5.06. The van der Waals surface area contributed by atoms with Gasteiger partial charge in [0.05, 0.1) is 22.1 Å². The van der Waals surface area contributed by atoms with E-state index in [-0.39, 0.29) is 49.2 Å². The predicted molar refractivity (Wildman–Crippen MR) is 165 cm³/mol. The minimum absolute atomic E-state index is 0. The SMILES string of the molecule is Oc1cccc2nccnc12.Oc1cccc2nccnc12.Oc1cccc2nccnc12.Oc1cccc2nccnc12.[Zr]. The first-order valence-corrected chi connectivity index (χ1v) is 13.1. The number of benzene rings is 4. The molecule has 4 aromatic carbocycles. The molecule has 0 spiro atoms. The van der Waals surface area contributed by atoms with Crippen LogP contribution in [0.4, 0.5) is 0 Å². The standard InChI is InChI=1S/4C8H6N2O.Zr/c4*11-7-3-1-2-6-8(7)10-5-4-9-6;/h4*1-5,11H;.